The summed E-state index contributed by atoms with van der Waals surface area (Å²) in [6.07, 6.45) is 1.21. The largest absolute Gasteiger partial charge is 0.478 e. The first-order valence-corrected chi connectivity index (χ1v) is 6.36. The number of carboxylic acid groups (broad SMARTS) is 1. The fraction of sp³-hybridized carbons (Fsp3) is 0.231. The first kappa shape index (κ1) is 14.3. The number of anilines is 1. The van der Waals surface area contributed by atoms with Crippen molar-refractivity contribution in [2.24, 2.45) is 0 Å². The van der Waals surface area contributed by atoms with Crippen LogP contribution in [0.15, 0.2) is 40.8 Å². The summed E-state index contributed by atoms with van der Waals surface area (Å²) < 4.78 is 0. The maximum Gasteiger partial charge on any atom is 0.328 e. The van der Waals surface area contributed by atoms with Crippen LogP contribution in [0.3, 0.4) is 0 Å². The van der Waals surface area contributed by atoms with Crippen LogP contribution in [0.4, 0.5) is 5.69 Å². The van der Waals surface area contributed by atoms with E-state index in [0.717, 1.165) is 16.2 Å². The van der Waals surface area contributed by atoms with Crippen LogP contribution in [-0.4, -0.2) is 22.7 Å². The first-order chi connectivity index (χ1) is 8.47. The minimum atomic E-state index is -0.922. The molecule has 0 bridgehead atoms. The third-order valence-electron chi connectivity index (χ3n) is 2.01. The molecule has 0 aliphatic heterocycles. The Bertz CT molecular complexity index is 466. The van der Waals surface area contributed by atoms with Crippen molar-refractivity contribution in [1.82, 2.24) is 0 Å². The normalized spacial score (nSPS) is 11.1. The van der Waals surface area contributed by atoms with Gasteiger partial charge in [0, 0.05) is 29.3 Å². The van der Waals surface area contributed by atoms with Crippen LogP contribution in [-0.2, 0) is 9.59 Å². The first-order valence-electron chi connectivity index (χ1n) is 5.38. The van der Waals surface area contributed by atoms with Gasteiger partial charge in [-0.25, -0.2) is 4.79 Å². The number of hydrogen-bond acceptors (Lipinski definition) is 3. The molecule has 4 nitrogen and oxygen atoms in total. The Hall–Kier alpha value is -1.75. The van der Waals surface area contributed by atoms with Crippen molar-refractivity contribution in [2.75, 3.05) is 11.1 Å². The van der Waals surface area contributed by atoms with Gasteiger partial charge in [-0.05, 0) is 31.2 Å². The highest BCUT2D eigenvalue weighted by atomic mass is 32.2. The van der Waals surface area contributed by atoms with Crippen LogP contribution in [0.1, 0.15) is 13.8 Å². The Balaban J connectivity index is 2.54. The van der Waals surface area contributed by atoms with Crippen LogP contribution in [0.2, 0.25) is 0 Å². The zero-order valence-corrected chi connectivity index (χ0v) is 11.1. The lowest BCUT2D eigenvalue weighted by Gasteiger charge is -2.04. The summed E-state index contributed by atoms with van der Waals surface area (Å²) in [5.74, 6) is -0.393. The molecule has 0 heterocycles. The van der Waals surface area contributed by atoms with E-state index in [4.69, 9.17) is 5.11 Å². The molecule has 2 N–H and O–H groups in total. The molecule has 1 rings (SSSR count). The summed E-state index contributed by atoms with van der Waals surface area (Å²) in [4.78, 5) is 22.3. The summed E-state index contributed by atoms with van der Waals surface area (Å²) in [6, 6.07) is 7.42. The molecule has 0 radical (unpaired) electrons. The molecule has 0 fully saturated rings. The highest BCUT2D eigenvalue weighted by Crippen LogP contribution is 2.22. The van der Waals surface area contributed by atoms with Gasteiger partial charge < -0.3 is 10.4 Å². The second-order valence-electron chi connectivity index (χ2n) is 3.82. The van der Waals surface area contributed by atoms with Crippen molar-refractivity contribution >= 4 is 29.3 Å². The van der Waals surface area contributed by atoms with E-state index >= 15 is 0 Å². The van der Waals surface area contributed by atoms with Gasteiger partial charge in [-0.1, -0.05) is 5.57 Å². The van der Waals surface area contributed by atoms with Crippen molar-refractivity contribution in [3.05, 3.63) is 35.9 Å². The monoisotopic (exact) mass is 265 g/mol. The lowest BCUT2D eigenvalue weighted by Crippen LogP contribution is -2.05. The molecule has 0 saturated heterocycles. The summed E-state index contributed by atoms with van der Waals surface area (Å²) in [5.41, 5.74) is 1.56. The molecule has 1 aromatic carbocycles. The molecule has 0 aromatic heterocycles. The van der Waals surface area contributed by atoms with E-state index in [1.807, 2.05) is 24.3 Å². The predicted molar refractivity (Wildman–Crippen MR) is 72.9 cm³/mol. The number of thioether (sulfide) groups is 1. The highest BCUT2D eigenvalue weighted by molar-refractivity contribution is 7.99. The Kier molecular flexibility index (Phi) is 5.45. The zero-order chi connectivity index (χ0) is 13.5. The lowest BCUT2D eigenvalue weighted by atomic mass is 10.3. The maximum absolute atomic E-state index is 10.8. The molecule has 18 heavy (non-hydrogen) atoms. The van der Waals surface area contributed by atoms with Crippen molar-refractivity contribution in [2.45, 2.75) is 18.7 Å². The third kappa shape index (κ3) is 5.54. The van der Waals surface area contributed by atoms with Crippen LogP contribution in [0.25, 0.3) is 0 Å². The molecule has 0 unspecified atom stereocenters. The SMILES string of the molecule is CC(=O)Nc1ccc(SC/C(C)=C/C(=O)O)cc1. The van der Waals surface area contributed by atoms with E-state index < -0.39 is 5.97 Å². The van der Waals surface area contributed by atoms with Gasteiger partial charge in [-0.15, -0.1) is 11.8 Å². The smallest absolute Gasteiger partial charge is 0.328 e. The molecule has 96 valence electrons. The van der Waals surface area contributed by atoms with Crippen molar-refractivity contribution in [3.8, 4) is 0 Å². The van der Waals surface area contributed by atoms with Gasteiger partial charge in [-0.2, -0.15) is 0 Å². The minimum absolute atomic E-state index is 0.101. The number of nitrogens with one attached hydrogen (secondary N) is 1. The zero-order valence-electron chi connectivity index (χ0n) is 10.3. The summed E-state index contributed by atoms with van der Waals surface area (Å²) >= 11 is 1.55. The average molecular weight is 265 g/mol. The standard InChI is InChI=1S/C13H15NO3S/c1-9(7-13(16)17)8-18-12-5-3-11(4-6-12)14-10(2)15/h3-7H,8H2,1-2H3,(H,14,15)(H,16,17)/b9-7+. The van der Waals surface area contributed by atoms with Gasteiger partial charge in [-0.3, -0.25) is 4.79 Å². The number of benzene rings is 1. The fourth-order valence-corrected chi connectivity index (χ4v) is 2.09. The van der Waals surface area contributed by atoms with Crippen molar-refractivity contribution in [1.29, 1.82) is 0 Å². The molecule has 5 heteroatoms. The summed E-state index contributed by atoms with van der Waals surface area (Å²) in [5, 5.41) is 11.3. The van der Waals surface area contributed by atoms with Gasteiger partial charge in [0.25, 0.3) is 0 Å². The molecule has 0 aliphatic rings. The van der Waals surface area contributed by atoms with Crippen LogP contribution in [0, 0.1) is 0 Å². The molecule has 1 aromatic rings. The van der Waals surface area contributed by atoms with Gasteiger partial charge in [0.2, 0.25) is 5.91 Å². The van der Waals surface area contributed by atoms with E-state index in [-0.39, 0.29) is 5.91 Å². The minimum Gasteiger partial charge on any atom is -0.478 e. The van der Waals surface area contributed by atoms with E-state index in [1.54, 1.807) is 18.7 Å². The number of hydrogen-bond donors (Lipinski definition) is 2. The lowest BCUT2D eigenvalue weighted by molar-refractivity contribution is -0.131. The van der Waals surface area contributed by atoms with Crippen molar-refractivity contribution < 1.29 is 14.7 Å². The predicted octanol–water partition coefficient (Wildman–Crippen LogP) is 2.77. The average Bonchev–Trinajstić information content (AvgIpc) is 2.26. The van der Waals surface area contributed by atoms with E-state index in [1.165, 1.54) is 13.0 Å². The molecule has 0 spiro atoms. The number of rotatable bonds is 5. The molecule has 0 aliphatic carbocycles. The van der Waals surface area contributed by atoms with E-state index in [0.29, 0.717) is 5.75 Å². The quantitative estimate of drug-likeness (QED) is 0.634. The molecule has 0 saturated carbocycles. The number of carbonyl (C=O) groups is 2. The van der Waals surface area contributed by atoms with Gasteiger partial charge in [0.15, 0.2) is 0 Å². The van der Waals surface area contributed by atoms with Crippen molar-refractivity contribution in [3.63, 3.8) is 0 Å². The number of carbonyl (C=O) groups excluding carboxylic acids is 1. The van der Waals surface area contributed by atoms with Gasteiger partial charge in [0.1, 0.15) is 0 Å². The van der Waals surface area contributed by atoms with Crippen LogP contribution < -0.4 is 5.32 Å². The molecule has 0 atom stereocenters. The fourth-order valence-electron chi connectivity index (χ4n) is 1.29. The Labute approximate surface area is 110 Å². The summed E-state index contributed by atoms with van der Waals surface area (Å²) in [7, 11) is 0. The van der Waals surface area contributed by atoms with E-state index in [9.17, 15) is 9.59 Å². The topological polar surface area (TPSA) is 66.4 Å². The second kappa shape index (κ2) is 6.86. The third-order valence-corrected chi connectivity index (χ3v) is 3.22. The maximum atomic E-state index is 10.8. The van der Waals surface area contributed by atoms with Gasteiger partial charge >= 0.3 is 5.97 Å². The summed E-state index contributed by atoms with van der Waals surface area (Å²) in [6.45, 7) is 3.25. The number of aliphatic carboxylic acids is 1. The van der Waals surface area contributed by atoms with Crippen LogP contribution in [0.5, 0.6) is 0 Å². The Morgan fingerprint density at radius 3 is 2.39 bits per heavy atom. The van der Waals surface area contributed by atoms with Gasteiger partial charge in [0.05, 0.1) is 0 Å². The Morgan fingerprint density at radius 2 is 1.89 bits per heavy atom. The Morgan fingerprint density at radius 1 is 1.28 bits per heavy atom. The second-order valence-corrected chi connectivity index (χ2v) is 4.87. The van der Waals surface area contributed by atoms with Crippen LogP contribution >= 0.6 is 11.8 Å². The molecular weight excluding hydrogens is 250 g/mol. The highest BCUT2D eigenvalue weighted by Gasteiger charge is 1.99. The van der Waals surface area contributed by atoms with E-state index in [2.05, 4.69) is 5.32 Å². The number of carboxylic acids is 1. The molecule has 1 amide bonds. The number of amides is 1. The molecular formula is C13H15NO3S.